The fourth-order valence-corrected chi connectivity index (χ4v) is 2.63. The second-order valence-electron chi connectivity index (χ2n) is 5.29. The molecule has 2 aromatic rings. The number of ketones is 1. The highest BCUT2D eigenvalue weighted by Crippen LogP contribution is 2.26. The van der Waals surface area contributed by atoms with Crippen molar-refractivity contribution in [1.29, 1.82) is 0 Å². The fraction of sp³-hybridized carbons (Fsp3) is 0.278. The second kappa shape index (κ2) is 5.49. The molecule has 2 aromatic carbocycles. The van der Waals surface area contributed by atoms with Crippen LogP contribution >= 0.6 is 0 Å². The van der Waals surface area contributed by atoms with E-state index in [1.165, 1.54) is 5.56 Å². The van der Waals surface area contributed by atoms with E-state index in [2.05, 4.69) is 0 Å². The third-order valence-corrected chi connectivity index (χ3v) is 3.55. The molecule has 0 radical (unpaired) electrons. The molecule has 0 amide bonds. The number of hydrogen-bond donors (Lipinski definition) is 0. The molecule has 0 atom stereocenters. The van der Waals surface area contributed by atoms with Crippen molar-refractivity contribution in [2.24, 2.45) is 0 Å². The molecule has 0 N–H and O–H groups in total. The van der Waals surface area contributed by atoms with Gasteiger partial charge in [0.25, 0.3) is 0 Å². The van der Waals surface area contributed by atoms with Crippen LogP contribution in [0.1, 0.15) is 38.2 Å². The van der Waals surface area contributed by atoms with Crippen LogP contribution in [0.2, 0.25) is 0 Å². The maximum absolute atomic E-state index is 12.6. The van der Waals surface area contributed by atoms with Crippen molar-refractivity contribution in [2.75, 3.05) is 7.11 Å². The monoisotopic (exact) mass is 268 g/mol. The van der Waals surface area contributed by atoms with E-state index < -0.39 is 0 Å². The minimum atomic E-state index is 0.0661. The summed E-state index contributed by atoms with van der Waals surface area (Å²) in [5.74, 6) is 0.915. The maximum Gasteiger partial charge on any atom is 0.193 e. The van der Waals surface area contributed by atoms with Gasteiger partial charge in [-0.1, -0.05) is 23.8 Å². The number of ether oxygens (including phenoxy) is 1. The first-order chi connectivity index (χ1) is 9.43. The number of rotatable bonds is 3. The average molecular weight is 268 g/mol. The zero-order valence-corrected chi connectivity index (χ0v) is 12.7. The summed E-state index contributed by atoms with van der Waals surface area (Å²) in [5.41, 5.74) is 5.64. The molecule has 0 saturated carbocycles. The van der Waals surface area contributed by atoms with E-state index in [-0.39, 0.29) is 5.78 Å². The largest absolute Gasteiger partial charge is 0.496 e. The zero-order valence-electron chi connectivity index (χ0n) is 12.7. The number of methoxy groups -OCH3 is 1. The summed E-state index contributed by atoms with van der Waals surface area (Å²) in [4.78, 5) is 12.6. The van der Waals surface area contributed by atoms with Gasteiger partial charge in [-0.2, -0.15) is 0 Å². The third-order valence-electron chi connectivity index (χ3n) is 3.55. The smallest absolute Gasteiger partial charge is 0.193 e. The number of carbonyl (C=O) groups is 1. The minimum absolute atomic E-state index is 0.0661. The Morgan fingerprint density at radius 1 is 0.900 bits per heavy atom. The first kappa shape index (κ1) is 14.3. The molecule has 0 aromatic heterocycles. The normalized spacial score (nSPS) is 10.4. The summed E-state index contributed by atoms with van der Waals surface area (Å²) in [5, 5.41) is 0. The molecular weight excluding hydrogens is 248 g/mol. The summed E-state index contributed by atoms with van der Waals surface area (Å²) in [6, 6.07) is 9.71. The molecule has 104 valence electrons. The Morgan fingerprint density at radius 3 is 2.00 bits per heavy atom. The van der Waals surface area contributed by atoms with Crippen LogP contribution in [0.15, 0.2) is 30.3 Å². The lowest BCUT2D eigenvalue weighted by Gasteiger charge is -2.12. The Kier molecular flexibility index (Phi) is 3.93. The van der Waals surface area contributed by atoms with Crippen LogP contribution in [0, 0.1) is 27.7 Å². The number of hydrogen-bond acceptors (Lipinski definition) is 2. The Hall–Kier alpha value is -2.09. The fourth-order valence-electron chi connectivity index (χ4n) is 2.63. The molecule has 0 heterocycles. The van der Waals surface area contributed by atoms with Gasteiger partial charge >= 0.3 is 0 Å². The quantitative estimate of drug-likeness (QED) is 0.781. The topological polar surface area (TPSA) is 26.3 Å². The summed E-state index contributed by atoms with van der Waals surface area (Å²) in [6.45, 7) is 7.93. The van der Waals surface area contributed by atoms with Crippen LogP contribution in [0.3, 0.4) is 0 Å². The van der Waals surface area contributed by atoms with E-state index in [0.29, 0.717) is 5.56 Å². The number of carbonyl (C=O) groups excluding carboxylic acids is 1. The van der Waals surface area contributed by atoms with Gasteiger partial charge in [0.2, 0.25) is 0 Å². The van der Waals surface area contributed by atoms with E-state index in [9.17, 15) is 4.79 Å². The molecule has 0 aliphatic carbocycles. The van der Waals surface area contributed by atoms with Gasteiger partial charge in [0.1, 0.15) is 5.75 Å². The van der Waals surface area contributed by atoms with Gasteiger partial charge in [0, 0.05) is 11.1 Å². The highest BCUT2D eigenvalue weighted by Gasteiger charge is 2.14. The van der Waals surface area contributed by atoms with Crippen LogP contribution < -0.4 is 4.74 Å². The molecule has 2 nitrogen and oxygen atoms in total. The van der Waals surface area contributed by atoms with Crippen molar-refractivity contribution in [3.05, 3.63) is 63.7 Å². The van der Waals surface area contributed by atoms with E-state index in [4.69, 9.17) is 4.74 Å². The predicted molar refractivity (Wildman–Crippen MR) is 81.8 cm³/mol. The predicted octanol–water partition coefficient (Wildman–Crippen LogP) is 4.16. The molecule has 0 saturated heterocycles. The van der Waals surface area contributed by atoms with Crippen molar-refractivity contribution >= 4 is 5.78 Å². The standard InChI is InChI=1S/C18H20O2/c1-11-6-7-16(12(2)8-11)17(19)15-9-13(3)18(20-5)14(4)10-15/h6-10H,1-5H3. The first-order valence-corrected chi connectivity index (χ1v) is 6.71. The van der Waals surface area contributed by atoms with Crippen molar-refractivity contribution in [3.63, 3.8) is 0 Å². The van der Waals surface area contributed by atoms with Gasteiger partial charge in [-0.25, -0.2) is 0 Å². The lowest BCUT2D eigenvalue weighted by Crippen LogP contribution is -2.05. The van der Waals surface area contributed by atoms with Crippen LogP contribution in [0.5, 0.6) is 5.75 Å². The molecule has 0 unspecified atom stereocenters. The van der Waals surface area contributed by atoms with Crippen molar-refractivity contribution < 1.29 is 9.53 Å². The van der Waals surface area contributed by atoms with Crippen molar-refractivity contribution in [3.8, 4) is 5.75 Å². The van der Waals surface area contributed by atoms with Gasteiger partial charge in [0.15, 0.2) is 5.78 Å². The van der Waals surface area contributed by atoms with E-state index in [1.54, 1.807) is 7.11 Å². The summed E-state index contributed by atoms with van der Waals surface area (Å²) in [6.07, 6.45) is 0. The van der Waals surface area contributed by atoms with E-state index >= 15 is 0 Å². The molecule has 0 spiro atoms. The lowest BCUT2D eigenvalue weighted by molar-refractivity contribution is 0.103. The first-order valence-electron chi connectivity index (χ1n) is 6.71. The summed E-state index contributed by atoms with van der Waals surface area (Å²) < 4.78 is 5.34. The van der Waals surface area contributed by atoms with Gasteiger partial charge in [-0.05, 0) is 56.5 Å². The Bertz CT molecular complexity index is 646. The zero-order chi connectivity index (χ0) is 14.9. The average Bonchev–Trinajstić information content (AvgIpc) is 2.37. The number of benzene rings is 2. The van der Waals surface area contributed by atoms with Crippen LogP contribution in [0.25, 0.3) is 0 Å². The van der Waals surface area contributed by atoms with Crippen LogP contribution in [-0.4, -0.2) is 12.9 Å². The molecular formula is C18H20O2. The molecule has 0 aliphatic rings. The Labute approximate surface area is 120 Å². The highest BCUT2D eigenvalue weighted by atomic mass is 16.5. The van der Waals surface area contributed by atoms with Gasteiger partial charge in [-0.15, -0.1) is 0 Å². The Morgan fingerprint density at radius 2 is 1.50 bits per heavy atom. The second-order valence-corrected chi connectivity index (χ2v) is 5.29. The summed E-state index contributed by atoms with van der Waals surface area (Å²) in [7, 11) is 1.65. The lowest BCUT2D eigenvalue weighted by atomic mass is 9.95. The molecule has 0 aliphatic heterocycles. The molecule has 20 heavy (non-hydrogen) atoms. The van der Waals surface area contributed by atoms with Crippen molar-refractivity contribution in [2.45, 2.75) is 27.7 Å². The van der Waals surface area contributed by atoms with Crippen LogP contribution in [0.4, 0.5) is 0 Å². The van der Waals surface area contributed by atoms with Gasteiger partial charge in [0.05, 0.1) is 7.11 Å². The van der Waals surface area contributed by atoms with Gasteiger partial charge < -0.3 is 4.74 Å². The minimum Gasteiger partial charge on any atom is -0.496 e. The molecule has 2 rings (SSSR count). The van der Waals surface area contributed by atoms with Gasteiger partial charge in [-0.3, -0.25) is 4.79 Å². The summed E-state index contributed by atoms with van der Waals surface area (Å²) >= 11 is 0. The van der Waals surface area contributed by atoms with E-state index in [0.717, 1.165) is 28.0 Å². The number of aryl methyl sites for hydroxylation is 4. The Balaban J connectivity index is 2.49. The highest BCUT2D eigenvalue weighted by molar-refractivity contribution is 6.10. The third kappa shape index (κ3) is 2.60. The molecule has 0 bridgehead atoms. The van der Waals surface area contributed by atoms with E-state index in [1.807, 2.05) is 58.0 Å². The molecule has 0 fully saturated rings. The van der Waals surface area contributed by atoms with Crippen LogP contribution in [-0.2, 0) is 0 Å². The SMILES string of the molecule is COc1c(C)cc(C(=O)c2ccc(C)cc2C)cc1C. The molecule has 2 heteroatoms. The maximum atomic E-state index is 12.6. The van der Waals surface area contributed by atoms with Crippen molar-refractivity contribution in [1.82, 2.24) is 0 Å².